The number of hydrogen-bond donors (Lipinski definition) is 0. The Balaban J connectivity index is 4.90. The third kappa shape index (κ3) is 31.4. The monoisotopic (exact) mass is 693 g/mol. The lowest BCUT2D eigenvalue weighted by Gasteiger charge is -2.33. The van der Waals surface area contributed by atoms with Gasteiger partial charge in [-0.05, 0) is 58.5 Å². The van der Waals surface area contributed by atoms with Crippen molar-refractivity contribution in [1.82, 2.24) is 9.80 Å². The Bertz CT molecular complexity index is 712. The van der Waals surface area contributed by atoms with Crippen molar-refractivity contribution in [2.75, 3.05) is 33.8 Å². The fourth-order valence-electron chi connectivity index (χ4n) is 7.15. The molecule has 1 amide bonds. The van der Waals surface area contributed by atoms with E-state index in [0.717, 1.165) is 51.6 Å². The van der Waals surface area contributed by atoms with Crippen LogP contribution in [0.1, 0.15) is 227 Å². The van der Waals surface area contributed by atoms with Crippen LogP contribution in [0.3, 0.4) is 0 Å². The first-order chi connectivity index (χ1) is 23.9. The predicted octanol–water partition coefficient (Wildman–Crippen LogP) is 13.1. The first-order valence-corrected chi connectivity index (χ1v) is 22.0. The van der Waals surface area contributed by atoms with Gasteiger partial charge in [0.05, 0.1) is 6.61 Å². The van der Waals surface area contributed by atoms with E-state index in [-0.39, 0.29) is 5.97 Å². The largest absolute Gasteiger partial charge is 0.465 e. The van der Waals surface area contributed by atoms with E-state index in [0.29, 0.717) is 37.3 Å². The maximum absolute atomic E-state index is 13.6. The summed E-state index contributed by atoms with van der Waals surface area (Å²) in [5.41, 5.74) is 0. The number of esters is 1. The highest BCUT2D eigenvalue weighted by Crippen LogP contribution is 2.22. The highest BCUT2D eigenvalue weighted by molar-refractivity contribution is 5.76. The van der Waals surface area contributed by atoms with Crippen LogP contribution in [0.15, 0.2) is 0 Å². The van der Waals surface area contributed by atoms with Gasteiger partial charge in [-0.15, -0.1) is 0 Å². The SMILES string of the molecule is CCCCCCCCCCN(C(=O)CCN(C)C)C(CCCCCC)CCCCCC(=O)OCC(CCCCCC)CCCCCCCC. The molecule has 0 radical (unpaired) electrons. The van der Waals surface area contributed by atoms with Crippen LogP contribution >= 0.6 is 0 Å². The van der Waals surface area contributed by atoms with Gasteiger partial charge in [-0.2, -0.15) is 0 Å². The molecular weight excluding hydrogens is 604 g/mol. The predicted molar refractivity (Wildman–Crippen MR) is 214 cm³/mol. The second-order valence-corrected chi connectivity index (χ2v) is 15.7. The molecule has 5 heteroatoms. The van der Waals surface area contributed by atoms with Gasteiger partial charge < -0.3 is 14.5 Å². The van der Waals surface area contributed by atoms with Crippen LogP contribution in [-0.2, 0) is 14.3 Å². The summed E-state index contributed by atoms with van der Waals surface area (Å²) in [5, 5.41) is 0. The zero-order chi connectivity index (χ0) is 36.2. The fourth-order valence-corrected chi connectivity index (χ4v) is 7.15. The fraction of sp³-hybridized carbons (Fsp3) is 0.955. The maximum atomic E-state index is 13.6. The molecule has 2 atom stereocenters. The molecule has 292 valence electrons. The average molecular weight is 693 g/mol. The quantitative estimate of drug-likeness (QED) is 0.0477. The maximum Gasteiger partial charge on any atom is 0.305 e. The standard InChI is InChI=1S/C44H88N2O3/c1-7-11-15-19-21-22-24-31-38-46(43(47)37-39-45(5)6)42(34-28-18-14-10-4)35-29-25-30-36-44(48)49-40-41(32-26-17-13-9-3)33-27-23-20-16-12-8-2/h41-42H,7-40H2,1-6H3. The van der Waals surface area contributed by atoms with Gasteiger partial charge >= 0.3 is 5.97 Å². The number of carbonyl (C=O) groups is 2. The molecule has 5 nitrogen and oxygen atoms in total. The third-order valence-corrected chi connectivity index (χ3v) is 10.5. The zero-order valence-electron chi connectivity index (χ0n) is 34.3. The Hall–Kier alpha value is -1.10. The molecule has 0 aromatic rings. The minimum absolute atomic E-state index is 0.00666. The van der Waals surface area contributed by atoms with Crippen molar-refractivity contribution in [3.05, 3.63) is 0 Å². The van der Waals surface area contributed by atoms with Gasteiger partial charge in [0.25, 0.3) is 0 Å². The van der Waals surface area contributed by atoms with Gasteiger partial charge in [0.15, 0.2) is 0 Å². The summed E-state index contributed by atoms with van der Waals surface area (Å²) in [6.07, 6.45) is 37.1. The lowest BCUT2D eigenvalue weighted by atomic mass is 9.95. The second-order valence-electron chi connectivity index (χ2n) is 15.7. The second kappa shape index (κ2) is 36.7. The normalized spacial score (nSPS) is 12.8. The number of ether oxygens (including phenoxy) is 1. The van der Waals surface area contributed by atoms with Crippen molar-refractivity contribution in [2.45, 2.75) is 233 Å². The van der Waals surface area contributed by atoms with E-state index in [2.05, 4.69) is 51.6 Å². The summed E-state index contributed by atoms with van der Waals surface area (Å²) >= 11 is 0. The Labute approximate surface area is 307 Å². The van der Waals surface area contributed by atoms with E-state index >= 15 is 0 Å². The van der Waals surface area contributed by atoms with Crippen molar-refractivity contribution in [3.63, 3.8) is 0 Å². The van der Waals surface area contributed by atoms with Gasteiger partial charge in [-0.3, -0.25) is 9.59 Å². The smallest absolute Gasteiger partial charge is 0.305 e. The lowest BCUT2D eigenvalue weighted by Crippen LogP contribution is -2.42. The van der Waals surface area contributed by atoms with Crippen LogP contribution < -0.4 is 0 Å². The Morgan fingerprint density at radius 1 is 0.469 bits per heavy atom. The summed E-state index contributed by atoms with van der Waals surface area (Å²) in [6, 6.07) is 0.332. The molecule has 0 fully saturated rings. The molecule has 0 N–H and O–H groups in total. The number of nitrogens with zero attached hydrogens (tertiary/aromatic N) is 2. The molecule has 0 aromatic carbocycles. The first-order valence-electron chi connectivity index (χ1n) is 22.0. The summed E-state index contributed by atoms with van der Waals surface area (Å²) in [6.45, 7) is 11.4. The highest BCUT2D eigenvalue weighted by atomic mass is 16.5. The van der Waals surface area contributed by atoms with Gasteiger partial charge in [0.1, 0.15) is 0 Å². The molecule has 0 spiro atoms. The van der Waals surface area contributed by atoms with E-state index in [1.54, 1.807) is 0 Å². The molecule has 0 heterocycles. The molecule has 0 bridgehead atoms. The summed E-state index contributed by atoms with van der Waals surface area (Å²) in [4.78, 5) is 30.8. The van der Waals surface area contributed by atoms with E-state index < -0.39 is 0 Å². The van der Waals surface area contributed by atoms with Crippen LogP contribution in [0.4, 0.5) is 0 Å². The third-order valence-electron chi connectivity index (χ3n) is 10.5. The lowest BCUT2D eigenvalue weighted by molar-refractivity contribution is -0.145. The van der Waals surface area contributed by atoms with Gasteiger partial charge in [0, 0.05) is 32.0 Å². The number of rotatable bonds is 38. The van der Waals surface area contributed by atoms with E-state index in [4.69, 9.17) is 4.74 Å². The summed E-state index contributed by atoms with van der Waals surface area (Å²) in [5.74, 6) is 0.858. The van der Waals surface area contributed by atoms with Crippen LogP contribution in [-0.4, -0.2) is 61.5 Å². The van der Waals surface area contributed by atoms with Crippen molar-refractivity contribution in [2.24, 2.45) is 5.92 Å². The number of hydrogen-bond acceptors (Lipinski definition) is 4. The zero-order valence-corrected chi connectivity index (χ0v) is 34.3. The highest BCUT2D eigenvalue weighted by Gasteiger charge is 2.23. The van der Waals surface area contributed by atoms with Gasteiger partial charge in [0.2, 0.25) is 5.91 Å². The number of carbonyl (C=O) groups excluding carboxylic acids is 2. The number of amides is 1. The Morgan fingerprint density at radius 2 is 0.878 bits per heavy atom. The Morgan fingerprint density at radius 3 is 1.37 bits per heavy atom. The number of unbranched alkanes of at least 4 members (excludes halogenated alkanes) is 20. The summed E-state index contributed by atoms with van der Waals surface area (Å²) in [7, 11) is 4.12. The molecule has 2 unspecified atom stereocenters. The molecule has 0 aliphatic rings. The molecule has 49 heavy (non-hydrogen) atoms. The van der Waals surface area contributed by atoms with E-state index in [9.17, 15) is 9.59 Å². The van der Waals surface area contributed by atoms with Gasteiger partial charge in [-0.1, -0.05) is 175 Å². The molecule has 0 aliphatic heterocycles. The average Bonchev–Trinajstić information content (AvgIpc) is 3.09. The molecule has 0 saturated carbocycles. The topological polar surface area (TPSA) is 49.9 Å². The van der Waals surface area contributed by atoms with Crippen LogP contribution in [0.2, 0.25) is 0 Å². The van der Waals surface area contributed by atoms with Crippen LogP contribution in [0.25, 0.3) is 0 Å². The van der Waals surface area contributed by atoms with E-state index in [1.165, 1.54) is 148 Å². The summed E-state index contributed by atoms with van der Waals surface area (Å²) < 4.78 is 5.87. The first kappa shape index (κ1) is 47.9. The van der Waals surface area contributed by atoms with Crippen molar-refractivity contribution in [3.8, 4) is 0 Å². The van der Waals surface area contributed by atoms with E-state index in [1.807, 2.05) is 0 Å². The van der Waals surface area contributed by atoms with Crippen molar-refractivity contribution >= 4 is 11.9 Å². The molecule has 0 rings (SSSR count). The van der Waals surface area contributed by atoms with Crippen LogP contribution in [0.5, 0.6) is 0 Å². The molecule has 0 aromatic heterocycles. The van der Waals surface area contributed by atoms with Crippen LogP contribution in [0, 0.1) is 5.92 Å². The molecule has 0 saturated heterocycles. The minimum atomic E-state index is -0.00666. The van der Waals surface area contributed by atoms with Crippen molar-refractivity contribution < 1.29 is 14.3 Å². The van der Waals surface area contributed by atoms with Gasteiger partial charge in [-0.25, -0.2) is 0 Å². The Kier molecular flexibility index (Phi) is 35.9. The molecular formula is C44H88N2O3. The van der Waals surface area contributed by atoms with Crippen molar-refractivity contribution in [1.29, 1.82) is 0 Å². The minimum Gasteiger partial charge on any atom is -0.465 e. The molecule has 0 aliphatic carbocycles.